The number of amides is 1. The number of rotatable bonds is 49. The van der Waals surface area contributed by atoms with E-state index in [4.69, 9.17) is 0 Å². The lowest BCUT2D eigenvalue weighted by Gasteiger charge is -2.21. The van der Waals surface area contributed by atoms with Crippen molar-refractivity contribution in [3.63, 3.8) is 0 Å². The molecule has 0 aromatic carbocycles. The average Bonchev–Trinajstić information content (AvgIpc) is 3.22. The van der Waals surface area contributed by atoms with E-state index in [-0.39, 0.29) is 18.9 Å². The predicted octanol–water partition coefficient (Wildman–Crippen LogP) is 15.9. The van der Waals surface area contributed by atoms with Crippen LogP contribution in [0.4, 0.5) is 0 Å². The van der Waals surface area contributed by atoms with Crippen LogP contribution in [0.3, 0.4) is 0 Å². The summed E-state index contributed by atoms with van der Waals surface area (Å²) in [6.45, 7) is 4.24. The van der Waals surface area contributed by atoms with Gasteiger partial charge in [-0.3, -0.25) is 4.79 Å². The van der Waals surface area contributed by atoms with Crippen molar-refractivity contribution < 1.29 is 20.1 Å². The van der Waals surface area contributed by atoms with E-state index in [0.717, 1.165) is 25.7 Å². The van der Waals surface area contributed by atoms with Crippen LogP contribution < -0.4 is 5.32 Å². The summed E-state index contributed by atoms with van der Waals surface area (Å²) in [6, 6.07) is -0.740. The molecule has 1 amide bonds. The summed E-state index contributed by atoms with van der Waals surface area (Å²) < 4.78 is 0. The van der Waals surface area contributed by atoms with Crippen LogP contribution in [-0.4, -0.2) is 46.1 Å². The minimum atomic E-state index is -0.925. The molecule has 5 nitrogen and oxygen atoms in total. The highest BCUT2D eigenvalue weighted by atomic mass is 16.3. The molecule has 3 unspecified atom stereocenters. The number of hydrogen-bond donors (Lipinski definition) is 4. The number of hydrogen-bond acceptors (Lipinski definition) is 4. The zero-order valence-electron chi connectivity index (χ0n) is 39.5. The summed E-state index contributed by atoms with van der Waals surface area (Å²) in [7, 11) is 0. The smallest absolute Gasteiger partial charge is 0.222 e. The highest BCUT2D eigenvalue weighted by molar-refractivity contribution is 5.76. The van der Waals surface area contributed by atoms with Crippen molar-refractivity contribution in [1.29, 1.82) is 0 Å². The van der Waals surface area contributed by atoms with Crippen molar-refractivity contribution in [3.8, 4) is 0 Å². The molecule has 5 heteroatoms. The molecule has 0 saturated heterocycles. The van der Waals surface area contributed by atoms with E-state index in [1.165, 1.54) is 244 Å². The first kappa shape index (κ1) is 57.1. The van der Waals surface area contributed by atoms with E-state index in [9.17, 15) is 20.1 Å². The number of nitrogens with one attached hydrogen (secondary N) is 1. The summed E-state index contributed by atoms with van der Waals surface area (Å²) in [5, 5.41) is 33.4. The van der Waals surface area contributed by atoms with Gasteiger partial charge in [0.2, 0.25) is 5.91 Å². The van der Waals surface area contributed by atoms with Crippen molar-refractivity contribution in [2.75, 3.05) is 6.61 Å². The lowest BCUT2D eigenvalue weighted by atomic mass is 10.0. The van der Waals surface area contributed by atoms with Crippen LogP contribution in [0.2, 0.25) is 0 Å². The molecule has 0 fully saturated rings. The molecule has 0 radical (unpaired) electrons. The van der Waals surface area contributed by atoms with Gasteiger partial charge in [-0.1, -0.05) is 283 Å². The highest BCUT2D eigenvalue weighted by Gasteiger charge is 2.20. The van der Waals surface area contributed by atoms with Crippen LogP contribution >= 0.6 is 0 Å². The van der Waals surface area contributed by atoms with Gasteiger partial charge in [-0.05, 0) is 19.3 Å². The lowest BCUT2D eigenvalue weighted by Crippen LogP contribution is -2.45. The molecular weight excluding hydrogens is 715 g/mol. The molecule has 0 rings (SSSR count). The third-order valence-corrected chi connectivity index (χ3v) is 12.6. The van der Waals surface area contributed by atoms with E-state index in [1.807, 2.05) is 6.08 Å². The first-order valence-electron chi connectivity index (χ1n) is 26.5. The molecule has 346 valence electrons. The molecule has 0 aromatic rings. The Morgan fingerprint density at radius 2 is 0.707 bits per heavy atom. The molecule has 4 N–H and O–H groups in total. The SMILES string of the molecule is CCCCCCCCCCCCCCCC/C=C/C(O)C(CO)NC(=O)CC(O)CCCCCCCCCCCCCCCCCCCCCCCCCCCCC. The molecule has 0 aliphatic heterocycles. The quantitative estimate of drug-likeness (QED) is 0.0364. The first-order valence-corrected chi connectivity index (χ1v) is 26.5. The van der Waals surface area contributed by atoms with Crippen molar-refractivity contribution in [2.24, 2.45) is 0 Å². The van der Waals surface area contributed by atoms with Gasteiger partial charge in [-0.2, -0.15) is 0 Å². The van der Waals surface area contributed by atoms with Gasteiger partial charge >= 0.3 is 0 Å². The second-order valence-electron chi connectivity index (χ2n) is 18.5. The summed E-state index contributed by atoms with van der Waals surface area (Å²) >= 11 is 0. The van der Waals surface area contributed by atoms with Crippen LogP contribution in [-0.2, 0) is 4.79 Å². The van der Waals surface area contributed by atoms with Gasteiger partial charge in [0.15, 0.2) is 0 Å². The van der Waals surface area contributed by atoms with Crippen LogP contribution in [0, 0.1) is 0 Å². The van der Waals surface area contributed by atoms with E-state index in [2.05, 4.69) is 19.2 Å². The minimum absolute atomic E-state index is 0.0193. The molecule has 0 aliphatic rings. The zero-order chi connectivity index (χ0) is 42.3. The lowest BCUT2D eigenvalue weighted by molar-refractivity contribution is -0.124. The Bertz CT molecular complexity index is 818. The number of carbonyl (C=O) groups is 1. The minimum Gasteiger partial charge on any atom is -0.394 e. The molecule has 0 saturated carbocycles. The van der Waals surface area contributed by atoms with E-state index >= 15 is 0 Å². The van der Waals surface area contributed by atoms with Gasteiger partial charge in [-0.25, -0.2) is 0 Å². The Labute approximate surface area is 363 Å². The maximum atomic E-state index is 12.5. The Morgan fingerprint density at radius 1 is 0.431 bits per heavy atom. The molecule has 0 bridgehead atoms. The molecule has 0 heterocycles. The van der Waals surface area contributed by atoms with Crippen molar-refractivity contribution in [1.82, 2.24) is 5.32 Å². The van der Waals surface area contributed by atoms with Gasteiger partial charge in [0, 0.05) is 0 Å². The average molecular weight is 820 g/mol. The van der Waals surface area contributed by atoms with Crippen LogP contribution in [0.5, 0.6) is 0 Å². The fourth-order valence-electron chi connectivity index (χ4n) is 8.52. The molecule has 0 aromatic heterocycles. The van der Waals surface area contributed by atoms with Crippen molar-refractivity contribution >= 4 is 5.91 Å². The van der Waals surface area contributed by atoms with Crippen molar-refractivity contribution in [3.05, 3.63) is 12.2 Å². The second kappa shape index (κ2) is 48.8. The molecule has 0 spiro atoms. The number of unbranched alkanes of at least 4 members (excludes halogenated alkanes) is 40. The summed E-state index contributed by atoms with van der Waals surface area (Å²) in [6.07, 6.45) is 59.6. The van der Waals surface area contributed by atoms with Gasteiger partial charge in [0.1, 0.15) is 0 Å². The highest BCUT2D eigenvalue weighted by Crippen LogP contribution is 2.18. The second-order valence-corrected chi connectivity index (χ2v) is 18.5. The van der Waals surface area contributed by atoms with E-state index < -0.39 is 18.2 Å². The topological polar surface area (TPSA) is 89.8 Å². The standard InChI is InChI=1S/C53H105NO4/c1-3-5-7-9-11-13-15-17-19-21-22-23-24-25-26-27-28-29-30-31-32-34-36-38-40-42-44-46-50(56)48-53(58)54-51(49-55)52(57)47-45-43-41-39-37-35-33-20-18-16-14-12-10-8-6-4-2/h45,47,50-52,55-57H,3-44,46,48-49H2,1-2H3,(H,54,58)/b47-45+. The Kier molecular flexibility index (Phi) is 48.0. The van der Waals surface area contributed by atoms with Crippen LogP contribution in [0.15, 0.2) is 12.2 Å². The first-order chi connectivity index (χ1) is 28.5. The van der Waals surface area contributed by atoms with Gasteiger partial charge < -0.3 is 20.6 Å². The van der Waals surface area contributed by atoms with Crippen LogP contribution in [0.1, 0.15) is 296 Å². The zero-order valence-corrected chi connectivity index (χ0v) is 39.5. The predicted molar refractivity (Wildman–Crippen MR) is 255 cm³/mol. The Balaban J connectivity index is 3.52. The monoisotopic (exact) mass is 820 g/mol. The summed E-state index contributed by atoms with van der Waals surface area (Å²) in [5.74, 6) is -0.309. The summed E-state index contributed by atoms with van der Waals surface area (Å²) in [5.41, 5.74) is 0. The molecular formula is C53H105NO4. The number of carbonyl (C=O) groups excluding carboxylic acids is 1. The Morgan fingerprint density at radius 3 is 1.00 bits per heavy atom. The third kappa shape index (κ3) is 44.6. The fourth-order valence-corrected chi connectivity index (χ4v) is 8.52. The van der Waals surface area contributed by atoms with E-state index in [0.29, 0.717) is 6.42 Å². The van der Waals surface area contributed by atoms with E-state index in [1.54, 1.807) is 6.08 Å². The Hall–Kier alpha value is -0.910. The molecule has 58 heavy (non-hydrogen) atoms. The third-order valence-electron chi connectivity index (χ3n) is 12.6. The molecule has 3 atom stereocenters. The number of aliphatic hydroxyl groups excluding tert-OH is 3. The van der Waals surface area contributed by atoms with Gasteiger partial charge in [-0.15, -0.1) is 0 Å². The number of aliphatic hydroxyl groups is 3. The largest absolute Gasteiger partial charge is 0.394 e. The molecule has 0 aliphatic carbocycles. The number of allylic oxidation sites excluding steroid dienone is 1. The fraction of sp³-hybridized carbons (Fsp3) is 0.943. The summed E-state index contributed by atoms with van der Waals surface area (Å²) in [4.78, 5) is 12.5. The van der Waals surface area contributed by atoms with Gasteiger partial charge in [0.05, 0.1) is 31.3 Å². The van der Waals surface area contributed by atoms with Crippen LogP contribution in [0.25, 0.3) is 0 Å². The maximum Gasteiger partial charge on any atom is 0.222 e. The van der Waals surface area contributed by atoms with Gasteiger partial charge in [0.25, 0.3) is 0 Å². The maximum absolute atomic E-state index is 12.5. The van der Waals surface area contributed by atoms with Crippen molar-refractivity contribution in [2.45, 2.75) is 315 Å². The normalized spacial score (nSPS) is 13.4.